The standard InChI is InChI=1S/C10H9ClO4Se/c1-5(9(12)13)16-8-3-2-6(11)4-7(8)10(14)15/h2-5H,1H3,(H,12,13)(H,14,15). The molecule has 0 bridgehead atoms. The van der Waals surface area contributed by atoms with Crippen LogP contribution in [0.1, 0.15) is 17.3 Å². The first-order valence-corrected chi connectivity index (χ1v) is 6.56. The van der Waals surface area contributed by atoms with Gasteiger partial charge in [0.1, 0.15) is 0 Å². The van der Waals surface area contributed by atoms with Gasteiger partial charge in [0.15, 0.2) is 0 Å². The number of rotatable bonds is 4. The Balaban J connectivity index is 3.04. The average molecular weight is 308 g/mol. The quantitative estimate of drug-likeness (QED) is 0.821. The van der Waals surface area contributed by atoms with Crippen molar-refractivity contribution in [1.82, 2.24) is 0 Å². The fourth-order valence-corrected chi connectivity index (χ4v) is 3.08. The van der Waals surface area contributed by atoms with Gasteiger partial charge >= 0.3 is 103 Å². The zero-order valence-corrected chi connectivity index (χ0v) is 10.8. The molecule has 0 aromatic heterocycles. The molecule has 1 atom stereocenters. The second kappa shape index (κ2) is 5.34. The number of aliphatic carboxylic acids is 1. The molecule has 6 heteroatoms. The molecule has 0 saturated heterocycles. The molecule has 0 aliphatic carbocycles. The van der Waals surface area contributed by atoms with Gasteiger partial charge in [0.25, 0.3) is 0 Å². The van der Waals surface area contributed by atoms with Crippen molar-refractivity contribution in [3.8, 4) is 0 Å². The van der Waals surface area contributed by atoms with E-state index in [1.807, 2.05) is 0 Å². The Morgan fingerprint density at radius 1 is 1.38 bits per heavy atom. The molecule has 0 spiro atoms. The Labute approximate surface area is 103 Å². The first kappa shape index (κ1) is 13.0. The first-order valence-electron chi connectivity index (χ1n) is 4.34. The van der Waals surface area contributed by atoms with Crippen LogP contribution in [0, 0.1) is 0 Å². The van der Waals surface area contributed by atoms with Gasteiger partial charge in [0.05, 0.1) is 0 Å². The van der Waals surface area contributed by atoms with Crippen molar-refractivity contribution in [3.05, 3.63) is 28.8 Å². The predicted octanol–water partition coefficient (Wildman–Crippen LogP) is 1.26. The topological polar surface area (TPSA) is 74.6 Å². The van der Waals surface area contributed by atoms with Crippen molar-refractivity contribution < 1.29 is 19.8 Å². The summed E-state index contributed by atoms with van der Waals surface area (Å²) in [5.74, 6) is -2.01. The molecule has 1 aromatic rings. The van der Waals surface area contributed by atoms with Gasteiger partial charge in [-0.25, -0.2) is 0 Å². The van der Waals surface area contributed by atoms with E-state index in [2.05, 4.69) is 0 Å². The van der Waals surface area contributed by atoms with Crippen LogP contribution in [-0.4, -0.2) is 37.1 Å². The van der Waals surface area contributed by atoms with Crippen LogP contribution in [0.25, 0.3) is 0 Å². The number of benzene rings is 1. The van der Waals surface area contributed by atoms with E-state index in [0.717, 1.165) is 0 Å². The van der Waals surface area contributed by atoms with Crippen LogP contribution in [0.3, 0.4) is 0 Å². The molecule has 16 heavy (non-hydrogen) atoms. The van der Waals surface area contributed by atoms with E-state index in [-0.39, 0.29) is 5.56 Å². The number of carboxylic acid groups (broad SMARTS) is 2. The Hall–Kier alpha value is -1.03. The van der Waals surface area contributed by atoms with Crippen LogP contribution in [-0.2, 0) is 4.79 Å². The Morgan fingerprint density at radius 2 is 2.00 bits per heavy atom. The maximum absolute atomic E-state index is 10.9. The van der Waals surface area contributed by atoms with Gasteiger partial charge in [0.2, 0.25) is 0 Å². The Kier molecular flexibility index (Phi) is 4.35. The molecule has 0 aliphatic heterocycles. The van der Waals surface area contributed by atoms with Gasteiger partial charge in [-0.2, -0.15) is 0 Å². The molecule has 2 N–H and O–H groups in total. The number of carboxylic acids is 2. The molecule has 1 aromatic carbocycles. The summed E-state index contributed by atoms with van der Waals surface area (Å²) in [7, 11) is 0. The summed E-state index contributed by atoms with van der Waals surface area (Å²) in [6.07, 6.45) is 0. The predicted molar refractivity (Wildman–Crippen MR) is 60.9 cm³/mol. The van der Waals surface area contributed by atoms with Gasteiger partial charge in [-0.3, -0.25) is 0 Å². The van der Waals surface area contributed by atoms with E-state index in [4.69, 9.17) is 21.8 Å². The van der Waals surface area contributed by atoms with E-state index in [9.17, 15) is 9.59 Å². The second-order valence-corrected chi connectivity index (χ2v) is 6.38. The molecular weight excluding hydrogens is 299 g/mol. The van der Waals surface area contributed by atoms with Crippen LogP contribution < -0.4 is 4.46 Å². The van der Waals surface area contributed by atoms with Gasteiger partial charge < -0.3 is 0 Å². The fourth-order valence-electron chi connectivity index (χ4n) is 1.01. The van der Waals surface area contributed by atoms with Gasteiger partial charge in [-0.05, 0) is 0 Å². The molecule has 0 saturated carbocycles. The normalized spacial score (nSPS) is 12.1. The van der Waals surface area contributed by atoms with Crippen molar-refractivity contribution >= 4 is 43.0 Å². The monoisotopic (exact) mass is 308 g/mol. The summed E-state index contributed by atoms with van der Waals surface area (Å²) in [4.78, 5) is 21.1. The molecule has 4 nitrogen and oxygen atoms in total. The van der Waals surface area contributed by atoms with Crippen molar-refractivity contribution in [2.45, 2.75) is 11.7 Å². The fraction of sp³-hybridized carbons (Fsp3) is 0.200. The molecule has 0 radical (unpaired) electrons. The van der Waals surface area contributed by atoms with E-state index >= 15 is 0 Å². The summed E-state index contributed by atoms with van der Waals surface area (Å²) in [5, 5.41) is 18.0. The zero-order chi connectivity index (χ0) is 12.3. The van der Waals surface area contributed by atoms with Crippen molar-refractivity contribution in [1.29, 1.82) is 0 Å². The Bertz CT molecular complexity index is 433. The van der Waals surface area contributed by atoms with Gasteiger partial charge in [-0.15, -0.1) is 0 Å². The number of hydrogen-bond acceptors (Lipinski definition) is 2. The van der Waals surface area contributed by atoms with Gasteiger partial charge in [0, 0.05) is 0 Å². The van der Waals surface area contributed by atoms with E-state index < -0.39 is 31.7 Å². The second-order valence-electron chi connectivity index (χ2n) is 3.04. The van der Waals surface area contributed by atoms with Crippen molar-refractivity contribution in [2.75, 3.05) is 0 Å². The number of aromatic carboxylic acids is 1. The minimum absolute atomic E-state index is 0.0839. The van der Waals surface area contributed by atoms with E-state index in [1.54, 1.807) is 19.1 Å². The summed E-state index contributed by atoms with van der Waals surface area (Å²) >= 11 is 5.26. The third-order valence-electron chi connectivity index (χ3n) is 1.82. The molecule has 1 unspecified atom stereocenters. The maximum atomic E-state index is 10.9. The minimum atomic E-state index is -1.09. The molecule has 0 amide bonds. The van der Waals surface area contributed by atoms with Crippen LogP contribution in [0.4, 0.5) is 0 Å². The molecule has 0 heterocycles. The summed E-state index contributed by atoms with van der Waals surface area (Å²) in [5.41, 5.74) is 0.0839. The first-order chi connectivity index (χ1) is 7.41. The van der Waals surface area contributed by atoms with Crippen LogP contribution >= 0.6 is 11.6 Å². The van der Waals surface area contributed by atoms with Crippen molar-refractivity contribution in [2.24, 2.45) is 0 Å². The van der Waals surface area contributed by atoms with E-state index in [1.165, 1.54) is 6.07 Å². The molecule has 1 rings (SSSR count). The van der Waals surface area contributed by atoms with Crippen molar-refractivity contribution in [3.63, 3.8) is 0 Å². The van der Waals surface area contributed by atoms with Crippen LogP contribution in [0.5, 0.6) is 0 Å². The number of carbonyl (C=O) groups is 2. The molecule has 0 fully saturated rings. The summed E-state index contributed by atoms with van der Waals surface area (Å²) in [6.45, 7) is 1.56. The molecule has 86 valence electrons. The third kappa shape index (κ3) is 3.23. The molecular formula is C10H9ClO4Se. The summed E-state index contributed by atoms with van der Waals surface area (Å²) < 4.78 is 0.541. The van der Waals surface area contributed by atoms with Crippen LogP contribution in [0.2, 0.25) is 9.84 Å². The van der Waals surface area contributed by atoms with Gasteiger partial charge in [-0.1, -0.05) is 0 Å². The third-order valence-corrected chi connectivity index (χ3v) is 4.50. The van der Waals surface area contributed by atoms with E-state index in [0.29, 0.717) is 9.48 Å². The summed E-state index contributed by atoms with van der Waals surface area (Å²) in [6, 6.07) is 4.49. The number of halogens is 1. The Morgan fingerprint density at radius 3 is 2.50 bits per heavy atom. The zero-order valence-electron chi connectivity index (χ0n) is 8.31. The number of hydrogen-bond donors (Lipinski definition) is 2. The SMILES string of the molecule is CC([Se]c1ccc(Cl)cc1C(=O)O)C(=O)O. The van der Waals surface area contributed by atoms with Crippen LogP contribution in [0.15, 0.2) is 18.2 Å². The molecule has 0 aliphatic rings. The average Bonchev–Trinajstić information content (AvgIpc) is 2.20.